The van der Waals surface area contributed by atoms with Gasteiger partial charge >= 0.3 is 183 Å². The van der Waals surface area contributed by atoms with Gasteiger partial charge in [-0.05, 0) is 0 Å². The van der Waals surface area contributed by atoms with Gasteiger partial charge in [0.1, 0.15) is 0 Å². The van der Waals surface area contributed by atoms with Crippen molar-refractivity contribution in [2.45, 2.75) is 41.5 Å². The number of rotatable bonds is 5. The number of hydrogen-bond acceptors (Lipinski definition) is 0. The van der Waals surface area contributed by atoms with E-state index in [0.717, 1.165) is 0 Å². The monoisotopic (exact) mass is 500 g/mol. The van der Waals surface area contributed by atoms with Gasteiger partial charge in [0.15, 0.2) is 0 Å². The van der Waals surface area contributed by atoms with Crippen molar-refractivity contribution in [1.29, 1.82) is 0 Å². The molecule has 0 nitrogen and oxygen atoms in total. The Kier molecular flexibility index (Phi) is 7.02. The van der Waals surface area contributed by atoms with Crippen LogP contribution in [0.15, 0.2) is 59.6 Å². The van der Waals surface area contributed by atoms with Gasteiger partial charge in [0.2, 0.25) is 0 Å². The summed E-state index contributed by atoms with van der Waals surface area (Å²) >= 11 is 0.638. The van der Waals surface area contributed by atoms with Crippen molar-refractivity contribution in [3.8, 4) is 0 Å². The summed E-state index contributed by atoms with van der Waals surface area (Å²) in [5, 5.41) is 0. The summed E-state index contributed by atoms with van der Waals surface area (Å²) in [6, 6.07) is 20.2. The summed E-state index contributed by atoms with van der Waals surface area (Å²) in [5.41, 5.74) is 9.79. The number of benzene rings is 3. The summed E-state index contributed by atoms with van der Waals surface area (Å²) in [5.74, 6) is 0. The molecule has 0 amide bonds. The van der Waals surface area contributed by atoms with Gasteiger partial charge in [-0.2, -0.15) is 0 Å². The topological polar surface area (TPSA) is 0 Å². The second-order valence-corrected chi connectivity index (χ2v) is 11.6. The second-order valence-electron chi connectivity index (χ2n) is 7.52. The molecule has 0 fully saturated rings. The molecule has 0 unspecified atom stereocenters. The fourth-order valence-electron chi connectivity index (χ4n) is 3.66. The maximum atomic E-state index is 2.53. The van der Waals surface area contributed by atoms with Crippen LogP contribution in [0, 0.1) is 41.5 Å². The molecule has 3 aromatic carbocycles. The van der Waals surface area contributed by atoms with Gasteiger partial charge in [-0.15, -0.1) is 0 Å². The summed E-state index contributed by atoms with van der Waals surface area (Å²) in [6.07, 6.45) is 0. The Labute approximate surface area is 182 Å². The third-order valence-corrected chi connectivity index (χ3v) is 11.1. The first-order valence-electron chi connectivity index (χ1n) is 9.61. The zero-order valence-corrected chi connectivity index (χ0v) is 21.0. The molecule has 2 heteroatoms. The molecule has 28 heavy (non-hydrogen) atoms. The Hall–Kier alpha value is -1.56. The van der Waals surface area contributed by atoms with Crippen LogP contribution in [-0.4, -0.2) is 29.9 Å². The molecule has 0 saturated carbocycles. The third-order valence-electron chi connectivity index (χ3n) is 4.76. The first kappa shape index (κ1) is 21.2. The van der Waals surface area contributed by atoms with E-state index < -0.39 is 0 Å². The van der Waals surface area contributed by atoms with Crippen LogP contribution in [0.3, 0.4) is 0 Å². The molecular weight excluding hydrogens is 470 g/mol. The maximum absolute atomic E-state index is 2.53. The molecule has 0 bridgehead atoms. The zero-order chi connectivity index (χ0) is 20.3. The van der Waals surface area contributed by atoms with Crippen LogP contribution in [0.2, 0.25) is 0 Å². The van der Waals surface area contributed by atoms with Gasteiger partial charge in [-0.3, -0.25) is 0 Å². The summed E-state index contributed by atoms with van der Waals surface area (Å²) in [7, 11) is 0. The van der Waals surface area contributed by atoms with Crippen molar-refractivity contribution in [3.05, 3.63) is 98.5 Å². The molecule has 0 radical (unpaired) electrons. The Bertz CT molecular complexity index is 968. The summed E-state index contributed by atoms with van der Waals surface area (Å²) in [4.78, 5) is 2.53. The molecule has 0 N–H and O–H groups in total. The number of hydrogen-bond donors (Lipinski definition) is 0. The van der Waals surface area contributed by atoms with Crippen molar-refractivity contribution in [2.75, 3.05) is 0 Å². The summed E-state index contributed by atoms with van der Waals surface area (Å²) in [6.45, 7) is 13.4. The SMILES string of the molecule is Cc1cc(C)c([Se]/C=C(/[Se]c2c(C)cc(C)cc2C)c2ccccc2)c(C)c1. The van der Waals surface area contributed by atoms with Crippen LogP contribution in [-0.2, 0) is 0 Å². The van der Waals surface area contributed by atoms with Crippen LogP contribution in [0.5, 0.6) is 0 Å². The molecule has 3 rings (SSSR count). The average Bonchev–Trinajstić information content (AvgIpc) is 2.62. The van der Waals surface area contributed by atoms with E-state index in [1.807, 2.05) is 0 Å². The fourth-order valence-corrected chi connectivity index (χ4v) is 8.51. The normalized spacial score (nSPS) is 11.7. The minimum atomic E-state index is 0.303. The average molecular weight is 498 g/mol. The van der Waals surface area contributed by atoms with Crippen LogP contribution in [0.4, 0.5) is 0 Å². The number of aryl methyl sites for hydroxylation is 6. The van der Waals surface area contributed by atoms with Crippen molar-refractivity contribution in [3.63, 3.8) is 0 Å². The van der Waals surface area contributed by atoms with E-state index in [1.165, 1.54) is 52.3 Å². The molecule has 0 aliphatic rings. The fraction of sp³-hybridized carbons (Fsp3) is 0.231. The van der Waals surface area contributed by atoms with E-state index in [4.69, 9.17) is 0 Å². The molecule has 0 atom stereocenters. The van der Waals surface area contributed by atoms with E-state index in [0.29, 0.717) is 29.9 Å². The summed E-state index contributed by atoms with van der Waals surface area (Å²) < 4.78 is 4.56. The zero-order valence-electron chi connectivity index (χ0n) is 17.6. The second kappa shape index (κ2) is 9.29. The minimum absolute atomic E-state index is 0.303. The van der Waals surface area contributed by atoms with Gasteiger partial charge < -0.3 is 0 Å². The van der Waals surface area contributed by atoms with Crippen molar-refractivity contribution in [2.24, 2.45) is 0 Å². The molecule has 0 aromatic heterocycles. The van der Waals surface area contributed by atoms with Crippen molar-refractivity contribution in [1.82, 2.24) is 0 Å². The van der Waals surface area contributed by atoms with Crippen LogP contribution in [0.1, 0.15) is 38.9 Å². The molecule has 0 spiro atoms. The van der Waals surface area contributed by atoms with E-state index >= 15 is 0 Å². The molecule has 0 saturated heterocycles. The molecule has 0 aliphatic carbocycles. The van der Waals surface area contributed by atoms with Gasteiger partial charge in [0.05, 0.1) is 0 Å². The third kappa shape index (κ3) is 5.07. The van der Waals surface area contributed by atoms with Crippen molar-refractivity contribution >= 4 is 43.3 Å². The first-order chi connectivity index (χ1) is 13.3. The quantitative estimate of drug-likeness (QED) is 0.440. The predicted octanol–water partition coefficient (Wildman–Crippen LogP) is 4.89. The molecule has 0 heterocycles. The first-order valence-corrected chi connectivity index (χ1v) is 13.2. The standard InChI is InChI=1S/C26H28Se2/c1-17-12-19(3)25(20(4)13-17)27-16-24(23-10-8-7-9-11-23)28-26-21(5)14-18(2)15-22(26)6/h7-16H,1-6H3/b24-16+. The van der Waals surface area contributed by atoms with Gasteiger partial charge in [-0.1, -0.05) is 0 Å². The molecule has 144 valence electrons. The van der Waals surface area contributed by atoms with Crippen LogP contribution < -0.4 is 8.92 Å². The Morgan fingerprint density at radius 1 is 0.643 bits per heavy atom. The van der Waals surface area contributed by atoms with Gasteiger partial charge in [-0.25, -0.2) is 0 Å². The molecular formula is C26H28Se2. The van der Waals surface area contributed by atoms with Crippen LogP contribution >= 0.6 is 0 Å². The Morgan fingerprint density at radius 2 is 1.11 bits per heavy atom. The van der Waals surface area contributed by atoms with Gasteiger partial charge in [0, 0.05) is 0 Å². The van der Waals surface area contributed by atoms with E-state index in [2.05, 4.69) is 101 Å². The van der Waals surface area contributed by atoms with E-state index in [9.17, 15) is 0 Å². The Morgan fingerprint density at radius 3 is 1.61 bits per heavy atom. The van der Waals surface area contributed by atoms with Crippen LogP contribution in [0.25, 0.3) is 4.47 Å². The van der Waals surface area contributed by atoms with E-state index in [1.54, 1.807) is 0 Å². The Balaban J connectivity index is 2.01. The van der Waals surface area contributed by atoms with Gasteiger partial charge in [0.25, 0.3) is 0 Å². The van der Waals surface area contributed by atoms with E-state index in [-0.39, 0.29) is 0 Å². The van der Waals surface area contributed by atoms with Crippen molar-refractivity contribution < 1.29 is 0 Å². The molecule has 0 aliphatic heterocycles. The molecule has 3 aromatic rings. The predicted molar refractivity (Wildman–Crippen MR) is 127 cm³/mol.